The quantitative estimate of drug-likeness (QED) is 0.444. The third-order valence-corrected chi connectivity index (χ3v) is 7.10. The number of rotatable bonds is 6. The van der Waals surface area contributed by atoms with Gasteiger partial charge in [0.25, 0.3) is 5.91 Å². The number of anilines is 3. The number of carbonyl (C=O) groups excluding carboxylic acids is 1. The second-order valence-electron chi connectivity index (χ2n) is 7.98. The average Bonchev–Trinajstić information content (AvgIpc) is 3.23. The molecule has 1 aliphatic heterocycles. The number of amides is 1. The van der Waals surface area contributed by atoms with Gasteiger partial charge >= 0.3 is 0 Å². The zero-order chi connectivity index (χ0) is 23.5. The summed E-state index contributed by atoms with van der Waals surface area (Å²) in [7, 11) is 0. The van der Waals surface area contributed by atoms with E-state index in [2.05, 4.69) is 30.1 Å². The number of piperazine rings is 1. The fourth-order valence-corrected chi connectivity index (χ4v) is 5.27. The van der Waals surface area contributed by atoms with E-state index in [4.69, 9.17) is 4.74 Å². The number of nitrogens with zero attached hydrogens (tertiary/aromatic N) is 5. The summed E-state index contributed by atoms with van der Waals surface area (Å²) in [4.78, 5) is 32.8. The SMILES string of the molecule is CCOc1ccccc1NC(=O)c1sc2ncnc(N3CCN(c4ccccn4)CC3)c2c1C. The molecule has 0 saturated carbocycles. The van der Waals surface area contributed by atoms with E-state index >= 15 is 0 Å². The minimum atomic E-state index is -0.168. The van der Waals surface area contributed by atoms with Crippen LogP contribution in [0.3, 0.4) is 0 Å². The number of ether oxygens (including phenoxy) is 1. The van der Waals surface area contributed by atoms with Crippen molar-refractivity contribution in [3.63, 3.8) is 0 Å². The van der Waals surface area contributed by atoms with Crippen LogP contribution in [0.4, 0.5) is 17.3 Å². The van der Waals surface area contributed by atoms with Crippen LogP contribution in [0.2, 0.25) is 0 Å². The van der Waals surface area contributed by atoms with Crippen LogP contribution in [0.15, 0.2) is 55.0 Å². The van der Waals surface area contributed by atoms with Crippen LogP contribution in [0.5, 0.6) is 5.75 Å². The minimum absolute atomic E-state index is 0.168. The number of thiophene rings is 1. The molecule has 0 bridgehead atoms. The molecule has 1 aromatic carbocycles. The van der Waals surface area contributed by atoms with Gasteiger partial charge in [-0.3, -0.25) is 4.79 Å². The predicted molar refractivity (Wildman–Crippen MR) is 136 cm³/mol. The van der Waals surface area contributed by atoms with E-state index in [-0.39, 0.29) is 5.91 Å². The van der Waals surface area contributed by atoms with Gasteiger partial charge in [0.2, 0.25) is 0 Å². The maximum absolute atomic E-state index is 13.2. The van der Waals surface area contributed by atoms with Crippen molar-refractivity contribution in [2.24, 2.45) is 0 Å². The first-order chi connectivity index (χ1) is 16.7. The van der Waals surface area contributed by atoms with Crippen molar-refractivity contribution >= 4 is 44.8 Å². The molecule has 34 heavy (non-hydrogen) atoms. The van der Waals surface area contributed by atoms with Crippen molar-refractivity contribution in [1.29, 1.82) is 0 Å². The first kappa shape index (κ1) is 22.1. The van der Waals surface area contributed by atoms with Crippen LogP contribution in [-0.4, -0.2) is 53.6 Å². The number of benzene rings is 1. The Balaban J connectivity index is 1.39. The summed E-state index contributed by atoms with van der Waals surface area (Å²) < 4.78 is 5.65. The fourth-order valence-electron chi connectivity index (χ4n) is 4.23. The maximum Gasteiger partial charge on any atom is 0.266 e. The molecule has 1 saturated heterocycles. The third kappa shape index (κ3) is 4.26. The van der Waals surface area contributed by atoms with Crippen LogP contribution in [-0.2, 0) is 0 Å². The van der Waals surface area contributed by atoms with Gasteiger partial charge in [-0.15, -0.1) is 11.3 Å². The van der Waals surface area contributed by atoms with Crippen LogP contribution < -0.4 is 19.9 Å². The smallest absolute Gasteiger partial charge is 0.266 e. The van der Waals surface area contributed by atoms with Gasteiger partial charge in [0.05, 0.1) is 22.6 Å². The van der Waals surface area contributed by atoms with Crippen LogP contribution in [0.1, 0.15) is 22.2 Å². The van der Waals surface area contributed by atoms with E-state index in [9.17, 15) is 4.79 Å². The molecular formula is C25H26N6O2S. The van der Waals surface area contributed by atoms with Gasteiger partial charge in [0.1, 0.15) is 28.5 Å². The fraction of sp³-hybridized carbons (Fsp3) is 0.280. The molecule has 1 N–H and O–H groups in total. The van der Waals surface area contributed by atoms with Crippen molar-refractivity contribution in [3.05, 3.63) is 65.4 Å². The Morgan fingerprint density at radius 2 is 1.79 bits per heavy atom. The number of carbonyl (C=O) groups is 1. The molecule has 0 radical (unpaired) electrons. The molecule has 0 atom stereocenters. The molecule has 1 fully saturated rings. The summed E-state index contributed by atoms with van der Waals surface area (Å²) in [5.41, 5.74) is 1.55. The second-order valence-corrected chi connectivity index (χ2v) is 8.98. The molecule has 9 heteroatoms. The van der Waals surface area contributed by atoms with Crippen LogP contribution in [0, 0.1) is 6.92 Å². The topological polar surface area (TPSA) is 83.5 Å². The van der Waals surface area contributed by atoms with E-state index in [1.807, 2.05) is 62.5 Å². The van der Waals surface area contributed by atoms with Crippen LogP contribution in [0.25, 0.3) is 10.2 Å². The lowest BCUT2D eigenvalue weighted by molar-refractivity contribution is 0.102. The van der Waals surface area contributed by atoms with Gasteiger partial charge in [-0.25, -0.2) is 15.0 Å². The lowest BCUT2D eigenvalue weighted by Crippen LogP contribution is -2.47. The highest BCUT2D eigenvalue weighted by Gasteiger charge is 2.25. The lowest BCUT2D eigenvalue weighted by Gasteiger charge is -2.36. The molecule has 3 aromatic heterocycles. The van der Waals surface area contributed by atoms with Gasteiger partial charge in [-0.2, -0.15) is 0 Å². The Morgan fingerprint density at radius 3 is 2.56 bits per heavy atom. The Labute approximate surface area is 202 Å². The summed E-state index contributed by atoms with van der Waals surface area (Å²) in [6, 6.07) is 13.4. The zero-order valence-corrected chi connectivity index (χ0v) is 20.0. The molecule has 0 unspecified atom stereocenters. The van der Waals surface area contributed by atoms with Gasteiger partial charge in [0, 0.05) is 32.4 Å². The molecule has 0 aliphatic carbocycles. The molecular weight excluding hydrogens is 448 g/mol. The summed E-state index contributed by atoms with van der Waals surface area (Å²) in [6.07, 6.45) is 3.41. The predicted octanol–water partition coefficient (Wildman–Crippen LogP) is 4.37. The van der Waals surface area contributed by atoms with E-state index in [1.165, 1.54) is 11.3 Å². The highest BCUT2D eigenvalue weighted by Crippen LogP contribution is 2.36. The molecule has 1 aliphatic rings. The normalized spacial score (nSPS) is 13.8. The van der Waals surface area contributed by atoms with E-state index < -0.39 is 0 Å². The molecule has 1 amide bonds. The number of hydrogen-bond donors (Lipinski definition) is 1. The van der Waals surface area contributed by atoms with Crippen molar-refractivity contribution in [1.82, 2.24) is 15.0 Å². The minimum Gasteiger partial charge on any atom is -0.492 e. The van der Waals surface area contributed by atoms with Crippen LogP contribution >= 0.6 is 11.3 Å². The number of nitrogens with one attached hydrogen (secondary N) is 1. The number of pyridine rings is 1. The molecule has 0 spiro atoms. The first-order valence-corrected chi connectivity index (χ1v) is 12.2. The standard InChI is InChI=1S/C25H26N6O2S/c1-3-33-19-9-5-4-8-18(19)29-24(32)22-17(2)21-23(27-16-28-25(21)34-22)31-14-12-30(13-15-31)20-10-6-7-11-26-20/h4-11,16H,3,12-15H2,1-2H3,(H,29,32). The number of para-hydroxylation sites is 2. The van der Waals surface area contributed by atoms with Gasteiger partial charge < -0.3 is 19.9 Å². The van der Waals surface area contributed by atoms with Gasteiger partial charge in [-0.05, 0) is 43.7 Å². The van der Waals surface area contributed by atoms with Crippen molar-refractivity contribution in [3.8, 4) is 5.75 Å². The summed E-state index contributed by atoms with van der Waals surface area (Å²) in [5.74, 6) is 2.36. The van der Waals surface area contributed by atoms with Crippen molar-refractivity contribution in [2.45, 2.75) is 13.8 Å². The number of aromatic nitrogens is 3. The van der Waals surface area contributed by atoms with Gasteiger partial charge in [0.15, 0.2) is 0 Å². The second kappa shape index (κ2) is 9.64. The summed E-state index contributed by atoms with van der Waals surface area (Å²) in [5, 5.41) is 3.95. The van der Waals surface area contributed by atoms with E-state index in [1.54, 1.807) is 6.33 Å². The van der Waals surface area contributed by atoms with Crippen molar-refractivity contribution < 1.29 is 9.53 Å². The third-order valence-electron chi connectivity index (χ3n) is 5.90. The number of hydrogen-bond acceptors (Lipinski definition) is 8. The van der Waals surface area contributed by atoms with Crippen molar-refractivity contribution in [2.75, 3.05) is 47.9 Å². The highest BCUT2D eigenvalue weighted by molar-refractivity contribution is 7.20. The maximum atomic E-state index is 13.2. The Kier molecular flexibility index (Phi) is 6.27. The van der Waals surface area contributed by atoms with Gasteiger partial charge in [-0.1, -0.05) is 18.2 Å². The highest BCUT2D eigenvalue weighted by atomic mass is 32.1. The molecule has 5 rings (SSSR count). The molecule has 8 nitrogen and oxygen atoms in total. The zero-order valence-electron chi connectivity index (χ0n) is 19.2. The molecule has 4 heterocycles. The summed E-state index contributed by atoms with van der Waals surface area (Å²) in [6.45, 7) is 7.77. The lowest BCUT2D eigenvalue weighted by atomic mass is 10.1. The number of fused-ring (bicyclic) bond motifs is 1. The Morgan fingerprint density at radius 1 is 1.03 bits per heavy atom. The van der Waals surface area contributed by atoms with E-state index in [0.717, 1.165) is 53.6 Å². The van der Waals surface area contributed by atoms with E-state index in [0.29, 0.717) is 22.9 Å². The Hall–Kier alpha value is -3.72. The number of aryl methyl sites for hydroxylation is 1. The molecule has 174 valence electrons. The Bertz CT molecular complexity index is 1300. The molecule has 4 aromatic rings. The summed E-state index contributed by atoms with van der Waals surface area (Å²) >= 11 is 1.39. The largest absolute Gasteiger partial charge is 0.492 e. The average molecular weight is 475 g/mol. The first-order valence-electron chi connectivity index (χ1n) is 11.3. The monoisotopic (exact) mass is 474 g/mol.